The predicted molar refractivity (Wildman–Crippen MR) is 45.2 cm³/mol. The Hall–Kier alpha value is -0.520. The molecule has 11 heavy (non-hydrogen) atoms. The molecule has 0 bridgehead atoms. The summed E-state index contributed by atoms with van der Waals surface area (Å²) >= 11 is 0. The van der Waals surface area contributed by atoms with E-state index in [2.05, 4.69) is 18.2 Å². The maximum Gasteiger partial charge on any atom is 0.0950 e. The Bertz CT molecular complexity index is 161. The first-order valence-electron chi connectivity index (χ1n) is 4.06. The number of ether oxygens (including phenoxy) is 1. The Balaban J connectivity index is 2.42. The fourth-order valence-electron chi connectivity index (χ4n) is 1.46. The van der Waals surface area contributed by atoms with Gasteiger partial charge in [-0.25, -0.2) is 0 Å². The monoisotopic (exact) mass is 153 g/mol. The van der Waals surface area contributed by atoms with Crippen LogP contribution in [-0.4, -0.2) is 25.3 Å². The van der Waals surface area contributed by atoms with Crippen LogP contribution in [0.3, 0.4) is 0 Å². The molecule has 0 aliphatic carbocycles. The molecule has 0 amide bonds. The minimum Gasteiger partial charge on any atom is -0.373 e. The summed E-state index contributed by atoms with van der Waals surface area (Å²) < 4.78 is 5.60. The van der Waals surface area contributed by atoms with Gasteiger partial charge in [0.05, 0.1) is 18.2 Å². The molecule has 0 spiro atoms. The van der Waals surface area contributed by atoms with E-state index in [9.17, 15) is 0 Å². The van der Waals surface area contributed by atoms with E-state index in [0.717, 1.165) is 12.8 Å². The molecule has 1 fully saturated rings. The zero-order valence-electron chi connectivity index (χ0n) is 7.13. The second-order valence-electron chi connectivity index (χ2n) is 3.00. The van der Waals surface area contributed by atoms with Crippen molar-refractivity contribution in [3.05, 3.63) is 0 Å². The normalized spacial score (nSPS) is 33.2. The predicted octanol–water partition coefficient (Wildman–Crippen LogP) is 0.775. The van der Waals surface area contributed by atoms with Crippen molar-refractivity contribution in [2.45, 2.75) is 38.0 Å². The van der Waals surface area contributed by atoms with Gasteiger partial charge < -0.3 is 10.1 Å². The number of rotatable bonds is 2. The van der Waals surface area contributed by atoms with Gasteiger partial charge in [-0.05, 0) is 26.8 Å². The van der Waals surface area contributed by atoms with Gasteiger partial charge in [-0.15, -0.1) is 6.42 Å². The van der Waals surface area contributed by atoms with Crippen LogP contribution in [0.1, 0.15) is 19.8 Å². The van der Waals surface area contributed by atoms with Gasteiger partial charge in [0.2, 0.25) is 0 Å². The molecule has 2 nitrogen and oxygen atoms in total. The Morgan fingerprint density at radius 3 is 2.73 bits per heavy atom. The van der Waals surface area contributed by atoms with Crippen LogP contribution >= 0.6 is 0 Å². The zero-order valence-corrected chi connectivity index (χ0v) is 7.13. The van der Waals surface area contributed by atoms with E-state index >= 15 is 0 Å². The lowest BCUT2D eigenvalue weighted by Crippen LogP contribution is -2.36. The van der Waals surface area contributed by atoms with Gasteiger partial charge in [0.1, 0.15) is 0 Å². The van der Waals surface area contributed by atoms with Gasteiger partial charge in [0.25, 0.3) is 0 Å². The molecular weight excluding hydrogens is 138 g/mol. The summed E-state index contributed by atoms with van der Waals surface area (Å²) in [5, 5.41) is 3.05. The van der Waals surface area contributed by atoms with Crippen LogP contribution in [-0.2, 0) is 4.74 Å². The van der Waals surface area contributed by atoms with Gasteiger partial charge in [0, 0.05) is 0 Å². The summed E-state index contributed by atoms with van der Waals surface area (Å²) in [6.07, 6.45) is 8.13. The Morgan fingerprint density at radius 2 is 2.36 bits per heavy atom. The quantitative estimate of drug-likeness (QED) is 0.592. The molecule has 1 aliphatic rings. The minimum absolute atomic E-state index is 0.0833. The minimum atomic E-state index is 0.0833. The van der Waals surface area contributed by atoms with E-state index in [1.807, 2.05) is 7.05 Å². The number of hydrogen-bond acceptors (Lipinski definition) is 2. The van der Waals surface area contributed by atoms with Crippen LogP contribution in [0.5, 0.6) is 0 Å². The van der Waals surface area contributed by atoms with Crippen molar-refractivity contribution >= 4 is 0 Å². The van der Waals surface area contributed by atoms with Crippen molar-refractivity contribution in [3.63, 3.8) is 0 Å². The highest BCUT2D eigenvalue weighted by Gasteiger charge is 2.27. The lowest BCUT2D eigenvalue weighted by Gasteiger charge is -2.17. The van der Waals surface area contributed by atoms with Crippen LogP contribution in [0.25, 0.3) is 0 Å². The maximum absolute atomic E-state index is 5.60. The summed E-state index contributed by atoms with van der Waals surface area (Å²) in [7, 11) is 1.87. The first-order chi connectivity index (χ1) is 5.27. The molecule has 1 N–H and O–H groups in total. The van der Waals surface area contributed by atoms with Gasteiger partial charge >= 0.3 is 0 Å². The zero-order chi connectivity index (χ0) is 8.27. The number of nitrogens with one attached hydrogen (secondary N) is 1. The lowest BCUT2D eigenvalue weighted by atomic mass is 10.1. The smallest absolute Gasteiger partial charge is 0.0950 e. The highest BCUT2D eigenvalue weighted by atomic mass is 16.5. The molecule has 62 valence electrons. The summed E-state index contributed by atoms with van der Waals surface area (Å²) in [5.41, 5.74) is 0. The number of terminal acetylenes is 1. The molecule has 1 saturated heterocycles. The van der Waals surface area contributed by atoms with Gasteiger partial charge in [-0.1, -0.05) is 5.92 Å². The fraction of sp³-hybridized carbons (Fsp3) is 0.778. The number of hydrogen-bond donors (Lipinski definition) is 1. The average Bonchev–Trinajstić information content (AvgIpc) is 2.39. The molecule has 3 unspecified atom stereocenters. The fourth-order valence-corrected chi connectivity index (χ4v) is 1.46. The molecule has 0 aromatic heterocycles. The van der Waals surface area contributed by atoms with Crippen molar-refractivity contribution in [3.8, 4) is 12.3 Å². The third-order valence-electron chi connectivity index (χ3n) is 2.13. The summed E-state index contributed by atoms with van der Waals surface area (Å²) in [6, 6.07) is 0.0833. The molecule has 0 aromatic carbocycles. The molecule has 2 heteroatoms. The van der Waals surface area contributed by atoms with Crippen LogP contribution in [0, 0.1) is 12.3 Å². The molecule has 0 aromatic rings. The van der Waals surface area contributed by atoms with Crippen molar-refractivity contribution in [2.24, 2.45) is 0 Å². The Kier molecular flexibility index (Phi) is 2.92. The van der Waals surface area contributed by atoms with Crippen LogP contribution < -0.4 is 5.32 Å². The van der Waals surface area contributed by atoms with Crippen molar-refractivity contribution in [1.29, 1.82) is 0 Å². The Labute approximate surface area is 68.3 Å². The molecule has 1 rings (SSSR count). The van der Waals surface area contributed by atoms with E-state index in [0.29, 0.717) is 6.10 Å². The van der Waals surface area contributed by atoms with Crippen molar-refractivity contribution in [2.75, 3.05) is 7.05 Å². The molecule has 0 saturated carbocycles. The van der Waals surface area contributed by atoms with Crippen molar-refractivity contribution in [1.82, 2.24) is 5.32 Å². The highest BCUT2D eigenvalue weighted by molar-refractivity contribution is 5.03. The van der Waals surface area contributed by atoms with E-state index in [4.69, 9.17) is 11.2 Å². The maximum atomic E-state index is 5.60. The molecule has 1 aliphatic heterocycles. The molecule has 3 atom stereocenters. The summed E-state index contributed by atoms with van der Waals surface area (Å²) in [6.45, 7) is 2.09. The Morgan fingerprint density at radius 1 is 1.64 bits per heavy atom. The molecule has 1 heterocycles. The van der Waals surface area contributed by atoms with Crippen molar-refractivity contribution < 1.29 is 4.74 Å². The van der Waals surface area contributed by atoms with Crippen LogP contribution in [0.2, 0.25) is 0 Å². The third kappa shape index (κ3) is 1.95. The summed E-state index contributed by atoms with van der Waals surface area (Å²) in [4.78, 5) is 0. The topological polar surface area (TPSA) is 21.3 Å². The van der Waals surface area contributed by atoms with Crippen LogP contribution in [0.15, 0.2) is 0 Å². The van der Waals surface area contributed by atoms with Gasteiger partial charge in [-0.3, -0.25) is 0 Å². The van der Waals surface area contributed by atoms with Crippen LogP contribution in [0.4, 0.5) is 0 Å². The first-order valence-corrected chi connectivity index (χ1v) is 4.06. The van der Waals surface area contributed by atoms with E-state index in [1.54, 1.807) is 0 Å². The molecular formula is C9H15NO. The molecule has 0 radical (unpaired) electrons. The second kappa shape index (κ2) is 3.75. The van der Waals surface area contributed by atoms with Gasteiger partial charge in [0.15, 0.2) is 0 Å². The third-order valence-corrected chi connectivity index (χ3v) is 2.13. The van der Waals surface area contributed by atoms with E-state index in [1.165, 1.54) is 0 Å². The highest BCUT2D eigenvalue weighted by Crippen LogP contribution is 2.21. The number of likely N-dealkylation sites (N-methyl/N-ethyl adjacent to an activating group) is 1. The first kappa shape index (κ1) is 8.58. The average molecular weight is 153 g/mol. The SMILES string of the molecule is C#CC(NC)C1CCC(C)O1. The summed E-state index contributed by atoms with van der Waals surface area (Å²) in [5.74, 6) is 2.68. The largest absolute Gasteiger partial charge is 0.373 e. The lowest BCUT2D eigenvalue weighted by molar-refractivity contribution is 0.0451. The van der Waals surface area contributed by atoms with E-state index in [-0.39, 0.29) is 12.1 Å². The second-order valence-corrected chi connectivity index (χ2v) is 3.00. The van der Waals surface area contributed by atoms with Gasteiger partial charge in [-0.2, -0.15) is 0 Å². The van der Waals surface area contributed by atoms with E-state index < -0.39 is 0 Å². The standard InChI is InChI=1S/C9H15NO/c1-4-8(10-3)9-6-5-7(2)11-9/h1,7-10H,5-6H2,2-3H3.